The molecule has 0 aromatic carbocycles. The largest absolute Gasteiger partial charge is 0.412 e. The Morgan fingerprint density at radius 3 is 1.89 bits per heavy atom. The van der Waals surface area contributed by atoms with Crippen LogP contribution < -0.4 is 0 Å². The van der Waals surface area contributed by atoms with Gasteiger partial charge in [-0.2, -0.15) is 0 Å². The lowest BCUT2D eigenvalue weighted by atomic mass is 10.6. The van der Waals surface area contributed by atoms with Crippen molar-refractivity contribution < 1.29 is 44.8 Å². The Kier molecular flexibility index (Phi) is 6.78. The van der Waals surface area contributed by atoms with Crippen molar-refractivity contribution in [2.24, 2.45) is 0 Å². The van der Waals surface area contributed by atoms with E-state index in [0.717, 1.165) is 4.57 Å². The summed E-state index contributed by atoms with van der Waals surface area (Å²) in [6.07, 6.45) is 2.51. The maximum atomic E-state index is 11.1. The van der Waals surface area contributed by atoms with Gasteiger partial charge in [0.15, 0.2) is 0 Å². The summed E-state index contributed by atoms with van der Waals surface area (Å²) in [6, 6.07) is 0. The Morgan fingerprint density at radius 2 is 1.63 bits per heavy atom. The van der Waals surface area contributed by atoms with Gasteiger partial charge >= 0.3 is 15.2 Å². The summed E-state index contributed by atoms with van der Waals surface area (Å²) in [6.45, 7) is 0.507. The van der Waals surface area contributed by atoms with Crippen LogP contribution in [-0.4, -0.2) is 50.3 Å². The molecule has 1 aromatic rings. The van der Waals surface area contributed by atoms with Crippen LogP contribution in [0.4, 0.5) is 0 Å². The topological polar surface area (TPSA) is 216 Å². The molecule has 0 radical (unpaired) electrons. The summed E-state index contributed by atoms with van der Waals surface area (Å²) in [5, 5.41) is 6.15. The molecule has 1 rings (SSSR count). The van der Waals surface area contributed by atoms with Crippen molar-refractivity contribution >= 4 is 15.2 Å². The number of hydrogen-bond donors (Lipinski definition) is 5. The molecule has 13 heteroatoms. The minimum atomic E-state index is -5.43. The zero-order valence-corrected chi connectivity index (χ0v) is 11.5. The molecule has 0 saturated heterocycles. The molecule has 0 spiro atoms. The lowest BCUT2D eigenvalue weighted by Gasteiger charge is -2.29. The second-order valence-corrected chi connectivity index (χ2v) is 7.47. The van der Waals surface area contributed by atoms with Crippen molar-refractivity contribution in [2.45, 2.75) is 18.6 Å². The van der Waals surface area contributed by atoms with E-state index in [0.29, 0.717) is 0 Å². The Balaban J connectivity index is 0. The third-order valence-corrected chi connectivity index (χ3v) is 5.95. The fraction of sp³-hybridized carbons (Fsp3) is 0.500. The van der Waals surface area contributed by atoms with Crippen molar-refractivity contribution in [2.75, 3.05) is 0 Å². The summed E-state index contributed by atoms with van der Waals surface area (Å²) < 4.78 is 23.2. The fourth-order valence-electron chi connectivity index (χ4n) is 1.15. The number of aliphatic hydroxyl groups is 1. The van der Waals surface area contributed by atoms with Crippen LogP contribution >= 0.6 is 15.2 Å². The van der Waals surface area contributed by atoms with E-state index in [1.807, 2.05) is 0 Å². The SMILES string of the molecule is Cc1nccn1CC(O)(P(=O)(O)O)P(=O)(O)O.O.O. The molecule has 9 N–H and O–H groups in total. The molecule has 0 unspecified atom stereocenters. The molecule has 0 aliphatic heterocycles. The maximum absolute atomic E-state index is 11.1. The Hall–Kier alpha value is -0.610. The van der Waals surface area contributed by atoms with Gasteiger partial charge in [0.1, 0.15) is 5.82 Å². The average Bonchev–Trinajstić information content (AvgIpc) is 2.47. The summed E-state index contributed by atoms with van der Waals surface area (Å²) in [7, 11) is -10.9. The average molecular weight is 322 g/mol. The molecule has 1 aromatic heterocycles. The quantitative estimate of drug-likeness (QED) is 0.373. The van der Waals surface area contributed by atoms with Gasteiger partial charge in [0.25, 0.3) is 5.08 Å². The standard InChI is InChI=1S/C6H12N2O7P2.2H2O/c1-5-7-2-3-8(5)4-6(9,16(10,11)12)17(13,14)15;;/h2-3,9H,4H2,1H3,(H2,10,11,12)(H2,13,14,15);2*1H2. The highest BCUT2D eigenvalue weighted by molar-refractivity contribution is 7.72. The predicted octanol–water partition coefficient (Wildman–Crippen LogP) is -2.46. The van der Waals surface area contributed by atoms with E-state index in [2.05, 4.69) is 4.98 Å². The van der Waals surface area contributed by atoms with Gasteiger partial charge in [-0.05, 0) is 6.92 Å². The molecular formula is C6H16N2O9P2. The molecule has 114 valence electrons. The molecule has 11 nitrogen and oxygen atoms in total. The van der Waals surface area contributed by atoms with Gasteiger partial charge in [-0.1, -0.05) is 0 Å². The van der Waals surface area contributed by atoms with Crippen molar-refractivity contribution in [3.8, 4) is 0 Å². The molecule has 0 aliphatic rings. The first-order valence-electron chi connectivity index (χ1n) is 4.30. The predicted molar refractivity (Wildman–Crippen MR) is 63.2 cm³/mol. The Labute approximate surface area is 107 Å². The zero-order chi connectivity index (χ0) is 13.5. The number of imidazole rings is 1. The third-order valence-electron chi connectivity index (χ3n) is 2.24. The van der Waals surface area contributed by atoms with Gasteiger partial charge in [0, 0.05) is 12.4 Å². The van der Waals surface area contributed by atoms with E-state index in [9.17, 15) is 14.2 Å². The lowest BCUT2D eigenvalue weighted by Crippen LogP contribution is -2.34. The second-order valence-electron chi connectivity index (χ2n) is 3.46. The van der Waals surface area contributed by atoms with Crippen molar-refractivity contribution in [1.29, 1.82) is 0 Å². The summed E-state index contributed by atoms with van der Waals surface area (Å²) in [5.41, 5.74) is 0. The maximum Gasteiger partial charge on any atom is 0.371 e. The highest BCUT2D eigenvalue weighted by Crippen LogP contribution is 2.68. The lowest BCUT2D eigenvalue weighted by molar-refractivity contribution is 0.114. The number of aromatic nitrogens is 2. The van der Waals surface area contributed by atoms with Crippen LogP contribution in [0.3, 0.4) is 0 Å². The second kappa shape index (κ2) is 6.23. The molecule has 0 saturated carbocycles. The van der Waals surface area contributed by atoms with Crippen LogP contribution in [-0.2, 0) is 15.7 Å². The molecule has 0 fully saturated rings. The monoisotopic (exact) mass is 322 g/mol. The van der Waals surface area contributed by atoms with Gasteiger partial charge in [0.05, 0.1) is 6.54 Å². The Bertz CT molecular complexity index is 481. The summed E-state index contributed by atoms with van der Waals surface area (Å²) in [4.78, 5) is 39.3. The van der Waals surface area contributed by atoms with E-state index in [1.54, 1.807) is 0 Å². The first-order chi connectivity index (χ1) is 7.49. The molecule has 19 heavy (non-hydrogen) atoms. The first-order valence-corrected chi connectivity index (χ1v) is 7.53. The normalized spacial score (nSPS) is 12.5. The zero-order valence-electron chi connectivity index (χ0n) is 9.70. The van der Waals surface area contributed by atoms with Gasteiger partial charge in [0.2, 0.25) is 0 Å². The number of rotatable bonds is 4. The number of aryl methyl sites for hydroxylation is 1. The highest BCUT2D eigenvalue weighted by atomic mass is 31.2. The molecule has 0 amide bonds. The highest BCUT2D eigenvalue weighted by Gasteiger charge is 2.59. The molecular weight excluding hydrogens is 306 g/mol. The van der Waals surface area contributed by atoms with Gasteiger partial charge in [-0.15, -0.1) is 0 Å². The van der Waals surface area contributed by atoms with E-state index < -0.39 is 26.8 Å². The summed E-state index contributed by atoms with van der Waals surface area (Å²) >= 11 is 0. The molecule has 1 heterocycles. The summed E-state index contributed by atoms with van der Waals surface area (Å²) in [5.74, 6) is 0.255. The fourth-order valence-corrected chi connectivity index (χ4v) is 3.18. The van der Waals surface area contributed by atoms with Crippen molar-refractivity contribution in [3.63, 3.8) is 0 Å². The third kappa shape index (κ3) is 3.93. The minimum absolute atomic E-state index is 0. The van der Waals surface area contributed by atoms with Crippen molar-refractivity contribution in [1.82, 2.24) is 9.55 Å². The molecule has 0 atom stereocenters. The van der Waals surface area contributed by atoms with Crippen LogP contribution in [0, 0.1) is 6.92 Å². The van der Waals surface area contributed by atoms with E-state index in [4.69, 9.17) is 19.6 Å². The van der Waals surface area contributed by atoms with Gasteiger partial charge in [-0.3, -0.25) is 9.13 Å². The smallest absolute Gasteiger partial charge is 0.371 e. The van der Waals surface area contributed by atoms with Crippen LogP contribution in [0.15, 0.2) is 12.4 Å². The van der Waals surface area contributed by atoms with Gasteiger partial charge in [-0.25, -0.2) is 4.98 Å². The molecule has 0 bridgehead atoms. The first kappa shape index (κ1) is 20.7. The van der Waals surface area contributed by atoms with Crippen LogP contribution in [0.5, 0.6) is 0 Å². The van der Waals surface area contributed by atoms with E-state index in [-0.39, 0.29) is 16.8 Å². The van der Waals surface area contributed by atoms with Crippen molar-refractivity contribution in [3.05, 3.63) is 18.2 Å². The van der Waals surface area contributed by atoms with Crippen LogP contribution in [0.25, 0.3) is 0 Å². The van der Waals surface area contributed by atoms with Gasteiger partial charge < -0.3 is 40.2 Å². The van der Waals surface area contributed by atoms with E-state index in [1.165, 1.54) is 19.3 Å². The molecule has 0 aliphatic carbocycles. The number of hydrogen-bond acceptors (Lipinski definition) is 4. The Morgan fingerprint density at radius 1 is 1.21 bits per heavy atom. The minimum Gasteiger partial charge on any atom is -0.412 e. The van der Waals surface area contributed by atoms with Crippen LogP contribution in [0.2, 0.25) is 0 Å². The van der Waals surface area contributed by atoms with E-state index >= 15 is 0 Å². The van der Waals surface area contributed by atoms with Crippen LogP contribution in [0.1, 0.15) is 5.82 Å². The number of nitrogens with zero attached hydrogens (tertiary/aromatic N) is 2.